The summed E-state index contributed by atoms with van der Waals surface area (Å²) in [6.45, 7) is 0. The van der Waals surface area contributed by atoms with Gasteiger partial charge in [-0.3, -0.25) is 4.79 Å². The number of anilines is 1. The fourth-order valence-corrected chi connectivity index (χ4v) is 1.79. The molecule has 0 aliphatic rings. The number of halogens is 2. The van der Waals surface area contributed by atoms with Crippen molar-refractivity contribution in [3.63, 3.8) is 0 Å². The van der Waals surface area contributed by atoms with Crippen molar-refractivity contribution < 1.29 is 4.79 Å². The smallest absolute Gasteiger partial charge is 0.242 e. The Morgan fingerprint density at radius 3 is 2.94 bits per heavy atom. The molecule has 1 rings (SSSR count). The highest BCUT2D eigenvalue weighted by Gasteiger charge is 2.16. The van der Waals surface area contributed by atoms with E-state index >= 15 is 0 Å². The molecular weight excluding hydrogens is 283 g/mol. The lowest BCUT2D eigenvalue weighted by atomic mass is 10.2. The molecule has 3 N–H and O–H groups in total. The fourth-order valence-electron chi connectivity index (χ4n) is 1.02. The molecule has 0 unspecified atom stereocenters. The average molecular weight is 295 g/mol. The molecule has 0 saturated heterocycles. The highest BCUT2D eigenvalue weighted by Crippen LogP contribution is 2.25. The Labute approximate surface area is 113 Å². The summed E-state index contributed by atoms with van der Waals surface area (Å²) in [5.74, 6) is 0.652. The molecule has 1 aromatic heterocycles. The highest BCUT2D eigenvalue weighted by atomic mass is 35.5. The Balaban J connectivity index is 2.64. The lowest BCUT2D eigenvalue weighted by molar-refractivity contribution is -0.117. The summed E-state index contributed by atoms with van der Waals surface area (Å²) in [7, 11) is 0. The van der Waals surface area contributed by atoms with Crippen molar-refractivity contribution in [2.75, 3.05) is 17.3 Å². The number of nitrogens with two attached hydrogens (primary N) is 1. The van der Waals surface area contributed by atoms with E-state index in [-0.39, 0.29) is 21.9 Å². The molecule has 0 spiro atoms. The number of carbonyl (C=O) groups is 1. The van der Waals surface area contributed by atoms with Crippen LogP contribution in [0.5, 0.6) is 0 Å². The van der Waals surface area contributed by atoms with Gasteiger partial charge in [-0.25, -0.2) is 9.97 Å². The molecule has 0 aliphatic carbocycles. The molecule has 1 heterocycles. The third-order valence-corrected chi connectivity index (χ3v) is 3.34. The van der Waals surface area contributed by atoms with Gasteiger partial charge < -0.3 is 11.1 Å². The monoisotopic (exact) mass is 294 g/mol. The minimum atomic E-state index is -0.591. The fraction of sp³-hybridized carbons (Fsp3) is 0.444. The van der Waals surface area contributed by atoms with E-state index in [1.54, 1.807) is 11.8 Å². The lowest BCUT2D eigenvalue weighted by Gasteiger charge is -2.11. The lowest BCUT2D eigenvalue weighted by Crippen LogP contribution is -2.36. The van der Waals surface area contributed by atoms with E-state index in [0.29, 0.717) is 6.42 Å². The summed E-state index contributed by atoms with van der Waals surface area (Å²) in [4.78, 5) is 19.2. The van der Waals surface area contributed by atoms with Gasteiger partial charge in [-0.05, 0) is 18.4 Å². The maximum atomic E-state index is 11.7. The van der Waals surface area contributed by atoms with Gasteiger partial charge in [-0.15, -0.1) is 0 Å². The molecule has 0 aromatic carbocycles. The van der Waals surface area contributed by atoms with E-state index < -0.39 is 6.04 Å². The Morgan fingerprint density at radius 1 is 1.59 bits per heavy atom. The molecule has 94 valence electrons. The normalized spacial score (nSPS) is 12.2. The molecule has 8 heteroatoms. The number of nitrogens with one attached hydrogen (secondary N) is 1. The quantitative estimate of drug-likeness (QED) is 0.810. The third kappa shape index (κ3) is 4.31. The van der Waals surface area contributed by atoms with E-state index in [1.807, 2.05) is 6.26 Å². The number of thioether (sulfide) groups is 1. The summed E-state index contributed by atoms with van der Waals surface area (Å²) in [6.07, 6.45) is 3.76. The van der Waals surface area contributed by atoms with Crippen LogP contribution < -0.4 is 11.1 Å². The summed E-state index contributed by atoms with van der Waals surface area (Å²) in [5, 5.41) is 2.72. The number of amides is 1. The van der Waals surface area contributed by atoms with Crippen molar-refractivity contribution >= 4 is 46.7 Å². The maximum Gasteiger partial charge on any atom is 0.242 e. The van der Waals surface area contributed by atoms with E-state index in [2.05, 4.69) is 15.3 Å². The molecule has 1 atom stereocenters. The average Bonchev–Trinajstić information content (AvgIpc) is 2.31. The number of nitrogens with zero attached hydrogens (tertiary/aromatic N) is 2. The topological polar surface area (TPSA) is 80.9 Å². The summed E-state index contributed by atoms with van der Waals surface area (Å²) < 4.78 is 0. The second kappa shape index (κ2) is 7.00. The van der Waals surface area contributed by atoms with Crippen LogP contribution in [0.25, 0.3) is 0 Å². The Bertz CT molecular complexity index is 405. The van der Waals surface area contributed by atoms with Gasteiger partial charge in [0, 0.05) is 0 Å². The van der Waals surface area contributed by atoms with Gasteiger partial charge in [-0.1, -0.05) is 23.2 Å². The first-order valence-electron chi connectivity index (χ1n) is 4.77. The predicted molar refractivity (Wildman–Crippen MR) is 71.7 cm³/mol. The van der Waals surface area contributed by atoms with Crippen molar-refractivity contribution in [3.8, 4) is 0 Å². The molecule has 0 aliphatic heterocycles. The molecule has 0 fully saturated rings. The number of rotatable bonds is 5. The molecular formula is C9H12Cl2N4OS. The minimum Gasteiger partial charge on any atom is -0.320 e. The third-order valence-electron chi connectivity index (χ3n) is 1.96. The van der Waals surface area contributed by atoms with Gasteiger partial charge in [0.2, 0.25) is 5.91 Å². The summed E-state index contributed by atoms with van der Waals surface area (Å²) in [6, 6.07) is -0.591. The van der Waals surface area contributed by atoms with Crippen LogP contribution in [-0.2, 0) is 4.79 Å². The number of aromatic nitrogens is 2. The summed E-state index contributed by atoms with van der Waals surface area (Å²) >= 11 is 13.1. The largest absolute Gasteiger partial charge is 0.320 e. The predicted octanol–water partition coefficient (Wildman–Crippen LogP) is 1.80. The number of carbonyl (C=O) groups excluding carboxylic acids is 1. The van der Waals surface area contributed by atoms with E-state index in [9.17, 15) is 4.79 Å². The molecule has 1 amide bonds. The minimum absolute atomic E-state index is 0.0923. The Kier molecular flexibility index (Phi) is 5.97. The first kappa shape index (κ1) is 14.5. The first-order chi connectivity index (χ1) is 8.06. The maximum absolute atomic E-state index is 11.7. The van der Waals surface area contributed by atoms with Crippen molar-refractivity contribution in [1.82, 2.24) is 9.97 Å². The van der Waals surface area contributed by atoms with Crippen LogP contribution in [0.3, 0.4) is 0 Å². The highest BCUT2D eigenvalue weighted by molar-refractivity contribution is 7.98. The van der Waals surface area contributed by atoms with Crippen LogP contribution in [0.15, 0.2) is 6.33 Å². The van der Waals surface area contributed by atoms with Gasteiger partial charge in [0.1, 0.15) is 11.3 Å². The van der Waals surface area contributed by atoms with E-state index in [0.717, 1.165) is 5.75 Å². The SMILES string of the molecule is CSCC[C@@H](N)C(=O)Nc1ncnc(Cl)c1Cl. The van der Waals surface area contributed by atoms with Crippen LogP contribution in [-0.4, -0.2) is 33.9 Å². The molecule has 17 heavy (non-hydrogen) atoms. The van der Waals surface area contributed by atoms with Crippen molar-refractivity contribution in [2.24, 2.45) is 5.73 Å². The second-order valence-electron chi connectivity index (χ2n) is 3.20. The van der Waals surface area contributed by atoms with Gasteiger partial charge in [-0.2, -0.15) is 11.8 Å². The zero-order valence-electron chi connectivity index (χ0n) is 9.11. The van der Waals surface area contributed by atoms with Crippen molar-refractivity contribution in [2.45, 2.75) is 12.5 Å². The standard InChI is InChI=1S/C9H12Cl2N4OS/c1-17-3-2-5(12)9(16)15-8-6(10)7(11)13-4-14-8/h4-5H,2-3,12H2,1H3,(H,13,14,15,16)/t5-/m1/s1. The van der Waals surface area contributed by atoms with Gasteiger partial charge in [0.05, 0.1) is 6.04 Å². The van der Waals surface area contributed by atoms with E-state index in [1.165, 1.54) is 6.33 Å². The molecule has 0 bridgehead atoms. The van der Waals surface area contributed by atoms with Gasteiger partial charge in [0.25, 0.3) is 0 Å². The molecule has 1 aromatic rings. The van der Waals surface area contributed by atoms with Crippen molar-refractivity contribution in [3.05, 3.63) is 16.5 Å². The zero-order valence-corrected chi connectivity index (χ0v) is 11.4. The second-order valence-corrected chi connectivity index (χ2v) is 4.93. The Morgan fingerprint density at radius 2 is 2.29 bits per heavy atom. The summed E-state index contributed by atoms with van der Waals surface area (Å²) in [5.41, 5.74) is 5.69. The van der Waals surface area contributed by atoms with Crippen LogP contribution in [0.1, 0.15) is 6.42 Å². The molecule has 5 nitrogen and oxygen atoms in total. The van der Waals surface area contributed by atoms with Gasteiger partial charge >= 0.3 is 0 Å². The molecule has 0 radical (unpaired) electrons. The van der Waals surface area contributed by atoms with E-state index in [4.69, 9.17) is 28.9 Å². The zero-order chi connectivity index (χ0) is 12.8. The van der Waals surface area contributed by atoms with Crippen LogP contribution in [0.4, 0.5) is 5.82 Å². The first-order valence-corrected chi connectivity index (χ1v) is 6.92. The Hall–Kier alpha value is -0.560. The number of hydrogen-bond acceptors (Lipinski definition) is 5. The van der Waals surface area contributed by atoms with Crippen molar-refractivity contribution in [1.29, 1.82) is 0 Å². The molecule has 0 saturated carbocycles. The number of hydrogen-bond donors (Lipinski definition) is 2. The van der Waals surface area contributed by atoms with Crippen LogP contribution in [0.2, 0.25) is 10.2 Å². The van der Waals surface area contributed by atoms with Crippen LogP contribution in [0, 0.1) is 0 Å². The van der Waals surface area contributed by atoms with Crippen LogP contribution >= 0.6 is 35.0 Å². The van der Waals surface area contributed by atoms with Gasteiger partial charge in [0.15, 0.2) is 11.0 Å².